The van der Waals surface area contributed by atoms with Gasteiger partial charge in [0.2, 0.25) is 5.91 Å². The summed E-state index contributed by atoms with van der Waals surface area (Å²) in [5.74, 6) is 0.281. The third-order valence-corrected chi connectivity index (χ3v) is 5.15. The molecule has 0 spiro atoms. The molecular weight excluding hydrogens is 308 g/mol. The predicted molar refractivity (Wildman–Crippen MR) is 104 cm³/mol. The maximum atomic E-state index is 12.5. The lowest BCUT2D eigenvalue weighted by Crippen LogP contribution is -2.49. The van der Waals surface area contributed by atoms with Gasteiger partial charge in [-0.3, -0.25) is 4.79 Å². The summed E-state index contributed by atoms with van der Waals surface area (Å²) >= 11 is 0. The molecule has 0 aliphatic carbocycles. The number of carbonyl (C=O) groups is 1. The first kappa shape index (κ1) is 17.5. The molecule has 1 fully saturated rings. The fraction of sp³-hybridized carbons (Fsp3) is 0.409. The highest BCUT2D eigenvalue weighted by molar-refractivity contribution is 5.76. The molecule has 1 heterocycles. The van der Waals surface area contributed by atoms with E-state index in [1.54, 1.807) is 0 Å². The van der Waals surface area contributed by atoms with Crippen molar-refractivity contribution in [3.8, 4) is 0 Å². The van der Waals surface area contributed by atoms with Crippen LogP contribution in [0.4, 0.5) is 5.69 Å². The molecule has 3 nitrogen and oxygen atoms in total. The molecule has 1 amide bonds. The van der Waals surface area contributed by atoms with Crippen molar-refractivity contribution in [2.24, 2.45) is 0 Å². The largest absolute Gasteiger partial charge is 0.368 e. The molecule has 0 bridgehead atoms. The van der Waals surface area contributed by atoms with Crippen LogP contribution >= 0.6 is 0 Å². The zero-order chi connectivity index (χ0) is 17.6. The zero-order valence-electron chi connectivity index (χ0n) is 15.4. The molecular formula is C22H28N2O. The molecule has 3 rings (SSSR count). The summed E-state index contributed by atoms with van der Waals surface area (Å²) in [6.45, 7) is 7.79. The summed E-state index contributed by atoms with van der Waals surface area (Å²) < 4.78 is 0. The average molecular weight is 336 g/mol. The first-order chi connectivity index (χ1) is 12.2. The highest BCUT2D eigenvalue weighted by Crippen LogP contribution is 2.21. The van der Waals surface area contributed by atoms with E-state index < -0.39 is 0 Å². The van der Waals surface area contributed by atoms with Crippen LogP contribution in [-0.4, -0.2) is 37.0 Å². The molecule has 25 heavy (non-hydrogen) atoms. The minimum atomic E-state index is 0.281. The second-order valence-corrected chi connectivity index (χ2v) is 6.82. The van der Waals surface area contributed by atoms with Gasteiger partial charge in [0, 0.05) is 38.3 Å². The van der Waals surface area contributed by atoms with Crippen molar-refractivity contribution in [2.75, 3.05) is 31.1 Å². The fourth-order valence-electron chi connectivity index (χ4n) is 3.47. The third-order valence-electron chi connectivity index (χ3n) is 5.15. The Bertz CT molecular complexity index is 700. The molecule has 2 aromatic rings. The first-order valence-corrected chi connectivity index (χ1v) is 9.33. The van der Waals surface area contributed by atoms with E-state index in [0.29, 0.717) is 6.42 Å². The van der Waals surface area contributed by atoms with Crippen molar-refractivity contribution >= 4 is 11.6 Å². The molecule has 1 saturated heterocycles. The quantitative estimate of drug-likeness (QED) is 0.828. The smallest absolute Gasteiger partial charge is 0.223 e. The second kappa shape index (κ2) is 8.19. The zero-order valence-corrected chi connectivity index (χ0v) is 15.4. The van der Waals surface area contributed by atoms with Gasteiger partial charge in [0.1, 0.15) is 0 Å². The number of para-hydroxylation sites is 1. The van der Waals surface area contributed by atoms with Crippen molar-refractivity contribution in [3.63, 3.8) is 0 Å². The van der Waals surface area contributed by atoms with Gasteiger partial charge < -0.3 is 9.80 Å². The Balaban J connectivity index is 1.49. The minimum absolute atomic E-state index is 0.281. The maximum Gasteiger partial charge on any atom is 0.223 e. The van der Waals surface area contributed by atoms with Gasteiger partial charge in [-0.15, -0.1) is 0 Å². The van der Waals surface area contributed by atoms with Gasteiger partial charge in [-0.05, 0) is 42.5 Å². The number of aryl methyl sites for hydroxylation is 3. The number of hydrogen-bond acceptors (Lipinski definition) is 2. The molecule has 0 aromatic heterocycles. The van der Waals surface area contributed by atoms with Gasteiger partial charge in [0.05, 0.1) is 0 Å². The Hall–Kier alpha value is -2.29. The van der Waals surface area contributed by atoms with E-state index in [1.807, 2.05) is 4.90 Å². The molecule has 1 aliphatic heterocycles. The van der Waals surface area contributed by atoms with Crippen molar-refractivity contribution in [1.82, 2.24) is 4.90 Å². The van der Waals surface area contributed by atoms with E-state index in [2.05, 4.69) is 67.3 Å². The predicted octanol–water partition coefficient (Wildman–Crippen LogP) is 3.84. The van der Waals surface area contributed by atoms with Crippen molar-refractivity contribution in [2.45, 2.75) is 33.1 Å². The molecule has 0 atom stereocenters. The van der Waals surface area contributed by atoms with Crippen LogP contribution in [0, 0.1) is 6.92 Å². The fourth-order valence-corrected chi connectivity index (χ4v) is 3.47. The minimum Gasteiger partial charge on any atom is -0.368 e. The number of rotatable bonds is 5. The summed E-state index contributed by atoms with van der Waals surface area (Å²) in [5, 5.41) is 0. The Labute approximate surface area is 151 Å². The van der Waals surface area contributed by atoms with E-state index >= 15 is 0 Å². The molecule has 132 valence electrons. The SMILES string of the molecule is CCc1ccc(CCC(=O)N2CCN(c3ccccc3C)CC2)cc1. The summed E-state index contributed by atoms with van der Waals surface area (Å²) in [6, 6.07) is 17.1. The maximum absolute atomic E-state index is 12.5. The number of benzene rings is 2. The van der Waals surface area contributed by atoms with Gasteiger partial charge in [-0.25, -0.2) is 0 Å². The number of nitrogens with zero attached hydrogens (tertiary/aromatic N) is 2. The lowest BCUT2D eigenvalue weighted by molar-refractivity contribution is -0.131. The molecule has 0 unspecified atom stereocenters. The molecule has 2 aromatic carbocycles. The highest BCUT2D eigenvalue weighted by Gasteiger charge is 2.21. The van der Waals surface area contributed by atoms with Gasteiger partial charge in [-0.2, -0.15) is 0 Å². The van der Waals surface area contributed by atoms with Crippen LogP contribution in [0.2, 0.25) is 0 Å². The molecule has 0 saturated carbocycles. The number of anilines is 1. The molecule has 1 aliphatic rings. The third kappa shape index (κ3) is 4.41. The van der Waals surface area contributed by atoms with E-state index in [1.165, 1.54) is 22.4 Å². The monoisotopic (exact) mass is 336 g/mol. The van der Waals surface area contributed by atoms with E-state index in [-0.39, 0.29) is 5.91 Å². The second-order valence-electron chi connectivity index (χ2n) is 6.82. The Morgan fingerprint density at radius 1 is 0.920 bits per heavy atom. The lowest BCUT2D eigenvalue weighted by Gasteiger charge is -2.37. The van der Waals surface area contributed by atoms with Crippen LogP contribution in [-0.2, 0) is 17.6 Å². The van der Waals surface area contributed by atoms with E-state index in [0.717, 1.165) is 39.0 Å². The topological polar surface area (TPSA) is 23.6 Å². The Morgan fingerprint density at radius 2 is 1.56 bits per heavy atom. The summed E-state index contributed by atoms with van der Waals surface area (Å²) in [7, 11) is 0. The number of carbonyl (C=O) groups excluding carboxylic acids is 1. The number of piperazine rings is 1. The van der Waals surface area contributed by atoms with E-state index in [4.69, 9.17) is 0 Å². The Morgan fingerprint density at radius 3 is 2.20 bits per heavy atom. The lowest BCUT2D eigenvalue weighted by atomic mass is 10.1. The highest BCUT2D eigenvalue weighted by atomic mass is 16.2. The number of amides is 1. The number of hydrogen-bond donors (Lipinski definition) is 0. The van der Waals surface area contributed by atoms with Gasteiger partial charge >= 0.3 is 0 Å². The summed E-state index contributed by atoms with van der Waals surface area (Å²) in [4.78, 5) is 16.9. The van der Waals surface area contributed by atoms with Crippen molar-refractivity contribution in [1.29, 1.82) is 0 Å². The van der Waals surface area contributed by atoms with Gasteiger partial charge in [0.25, 0.3) is 0 Å². The summed E-state index contributed by atoms with van der Waals surface area (Å²) in [6.07, 6.45) is 2.50. The van der Waals surface area contributed by atoms with Crippen LogP contribution in [0.3, 0.4) is 0 Å². The van der Waals surface area contributed by atoms with Gasteiger partial charge in [0.15, 0.2) is 0 Å². The average Bonchev–Trinajstić information content (AvgIpc) is 2.67. The molecule has 0 radical (unpaired) electrons. The summed E-state index contributed by atoms with van der Waals surface area (Å²) in [5.41, 5.74) is 5.20. The van der Waals surface area contributed by atoms with Crippen LogP contribution in [0.1, 0.15) is 30.0 Å². The van der Waals surface area contributed by atoms with E-state index in [9.17, 15) is 4.79 Å². The Kier molecular flexibility index (Phi) is 5.75. The molecule has 0 N–H and O–H groups in total. The first-order valence-electron chi connectivity index (χ1n) is 9.33. The van der Waals surface area contributed by atoms with Crippen molar-refractivity contribution < 1.29 is 4.79 Å². The van der Waals surface area contributed by atoms with Crippen LogP contribution in [0.15, 0.2) is 48.5 Å². The van der Waals surface area contributed by atoms with Crippen LogP contribution < -0.4 is 4.90 Å². The standard InChI is InChI=1S/C22H28N2O/c1-3-19-8-10-20(11-9-19)12-13-22(25)24-16-14-23(15-17-24)21-7-5-4-6-18(21)2/h4-11H,3,12-17H2,1-2H3. The van der Waals surface area contributed by atoms with Crippen molar-refractivity contribution in [3.05, 3.63) is 65.2 Å². The normalized spacial score (nSPS) is 14.6. The van der Waals surface area contributed by atoms with Crippen LogP contribution in [0.25, 0.3) is 0 Å². The van der Waals surface area contributed by atoms with Gasteiger partial charge in [-0.1, -0.05) is 49.4 Å². The van der Waals surface area contributed by atoms with Crippen LogP contribution in [0.5, 0.6) is 0 Å². The molecule has 3 heteroatoms.